The molecule has 2 aromatic rings. The average Bonchev–Trinajstić information content (AvgIpc) is 2.47. The highest BCUT2D eigenvalue weighted by Crippen LogP contribution is 2.28. The fourth-order valence-corrected chi connectivity index (χ4v) is 1.91. The van der Waals surface area contributed by atoms with Crippen LogP contribution >= 0.6 is 0 Å². The van der Waals surface area contributed by atoms with Gasteiger partial charge in [0.15, 0.2) is 0 Å². The molecule has 0 saturated carbocycles. The van der Waals surface area contributed by atoms with Gasteiger partial charge in [-0.25, -0.2) is 4.79 Å². The Balaban J connectivity index is 2.37. The second-order valence-corrected chi connectivity index (χ2v) is 4.22. The van der Waals surface area contributed by atoms with Crippen molar-refractivity contribution in [3.05, 3.63) is 60.2 Å². The number of rotatable bonds is 4. The number of carbonyl (C=O) groups excluding carboxylic acids is 1. The van der Waals surface area contributed by atoms with Gasteiger partial charge < -0.3 is 9.84 Å². The van der Waals surface area contributed by atoms with E-state index in [1.807, 2.05) is 30.3 Å². The minimum atomic E-state index is -0.375. The first-order valence-electron chi connectivity index (χ1n) is 6.44. The zero-order valence-corrected chi connectivity index (χ0v) is 11.2. The van der Waals surface area contributed by atoms with Crippen molar-refractivity contribution in [1.29, 1.82) is 0 Å². The minimum Gasteiger partial charge on any atom is -0.508 e. The Morgan fingerprint density at radius 1 is 1.20 bits per heavy atom. The fourth-order valence-electron chi connectivity index (χ4n) is 1.91. The molecule has 2 aromatic carbocycles. The molecule has 0 spiro atoms. The maximum atomic E-state index is 11.4. The fraction of sp³-hybridized carbons (Fsp3) is 0.118. The Labute approximate surface area is 118 Å². The second-order valence-electron chi connectivity index (χ2n) is 4.22. The number of aromatic hydroxyl groups is 1. The van der Waals surface area contributed by atoms with Crippen molar-refractivity contribution < 1.29 is 14.6 Å². The Bertz CT molecular complexity index is 615. The van der Waals surface area contributed by atoms with Crippen molar-refractivity contribution in [3.8, 4) is 16.9 Å². The van der Waals surface area contributed by atoms with Crippen molar-refractivity contribution in [2.45, 2.75) is 6.92 Å². The van der Waals surface area contributed by atoms with Crippen LogP contribution in [-0.4, -0.2) is 17.7 Å². The number of hydrogen-bond donors (Lipinski definition) is 1. The van der Waals surface area contributed by atoms with Gasteiger partial charge in [0.1, 0.15) is 5.75 Å². The number of phenols is 1. The van der Waals surface area contributed by atoms with E-state index in [9.17, 15) is 9.90 Å². The standard InChI is InChI=1S/C17H16O3/c1-2-20-17(19)11-9-14-8-10-15(18)12-16(14)13-6-4-3-5-7-13/h3-12,18H,2H2,1H3/b11-9+. The lowest BCUT2D eigenvalue weighted by atomic mass is 9.99. The predicted molar refractivity (Wildman–Crippen MR) is 79.2 cm³/mol. The molecule has 3 heteroatoms. The molecule has 2 rings (SSSR count). The lowest BCUT2D eigenvalue weighted by Gasteiger charge is -2.07. The zero-order chi connectivity index (χ0) is 14.4. The largest absolute Gasteiger partial charge is 0.508 e. The molecule has 0 amide bonds. The summed E-state index contributed by atoms with van der Waals surface area (Å²) in [5.41, 5.74) is 2.69. The summed E-state index contributed by atoms with van der Waals surface area (Å²) >= 11 is 0. The first-order valence-corrected chi connectivity index (χ1v) is 6.44. The SMILES string of the molecule is CCOC(=O)/C=C/c1ccc(O)cc1-c1ccccc1. The number of phenolic OH excluding ortho intramolecular Hbond substituents is 1. The second kappa shape index (κ2) is 6.57. The van der Waals surface area contributed by atoms with Crippen molar-refractivity contribution >= 4 is 12.0 Å². The first-order chi connectivity index (χ1) is 9.70. The lowest BCUT2D eigenvalue weighted by Crippen LogP contribution is -1.98. The van der Waals surface area contributed by atoms with E-state index in [-0.39, 0.29) is 11.7 Å². The van der Waals surface area contributed by atoms with Crippen molar-refractivity contribution in [1.82, 2.24) is 0 Å². The average molecular weight is 268 g/mol. The van der Waals surface area contributed by atoms with Crippen LogP contribution in [0.2, 0.25) is 0 Å². The topological polar surface area (TPSA) is 46.5 Å². The molecular weight excluding hydrogens is 252 g/mol. The number of hydrogen-bond acceptors (Lipinski definition) is 3. The van der Waals surface area contributed by atoms with Gasteiger partial charge in [-0.05, 0) is 41.8 Å². The molecule has 20 heavy (non-hydrogen) atoms. The van der Waals surface area contributed by atoms with Crippen LogP contribution in [0.1, 0.15) is 12.5 Å². The third kappa shape index (κ3) is 3.48. The normalized spacial score (nSPS) is 10.7. The van der Waals surface area contributed by atoms with E-state index in [0.29, 0.717) is 6.61 Å². The molecule has 0 aliphatic carbocycles. The number of ether oxygens (including phenoxy) is 1. The first kappa shape index (κ1) is 13.9. The van der Waals surface area contributed by atoms with E-state index >= 15 is 0 Å². The van der Waals surface area contributed by atoms with Gasteiger partial charge in [0.25, 0.3) is 0 Å². The summed E-state index contributed by atoms with van der Waals surface area (Å²) in [6.45, 7) is 2.12. The summed E-state index contributed by atoms with van der Waals surface area (Å²) < 4.78 is 4.86. The number of benzene rings is 2. The molecule has 0 aliphatic heterocycles. The number of esters is 1. The highest BCUT2D eigenvalue weighted by molar-refractivity contribution is 5.89. The molecule has 0 aliphatic rings. The minimum absolute atomic E-state index is 0.192. The number of carbonyl (C=O) groups is 1. The monoisotopic (exact) mass is 268 g/mol. The van der Waals surface area contributed by atoms with Crippen LogP contribution in [0.3, 0.4) is 0 Å². The van der Waals surface area contributed by atoms with Crippen LogP contribution in [0, 0.1) is 0 Å². The van der Waals surface area contributed by atoms with E-state index in [1.165, 1.54) is 6.08 Å². The Morgan fingerprint density at radius 3 is 2.65 bits per heavy atom. The molecule has 0 bridgehead atoms. The molecule has 0 aromatic heterocycles. The van der Waals surface area contributed by atoms with Crippen molar-refractivity contribution in [2.75, 3.05) is 6.61 Å². The highest BCUT2D eigenvalue weighted by atomic mass is 16.5. The molecular formula is C17H16O3. The van der Waals surface area contributed by atoms with Crippen LogP contribution in [0.5, 0.6) is 5.75 Å². The van der Waals surface area contributed by atoms with Crippen LogP contribution in [0.4, 0.5) is 0 Å². The molecule has 0 fully saturated rings. The van der Waals surface area contributed by atoms with Gasteiger partial charge in [-0.1, -0.05) is 36.4 Å². The molecule has 0 saturated heterocycles. The van der Waals surface area contributed by atoms with Gasteiger partial charge >= 0.3 is 5.97 Å². The van der Waals surface area contributed by atoms with Gasteiger partial charge in [0.05, 0.1) is 6.61 Å². The predicted octanol–water partition coefficient (Wildman–Crippen LogP) is 3.64. The summed E-state index contributed by atoms with van der Waals surface area (Å²) in [5.74, 6) is -0.184. The Kier molecular flexibility index (Phi) is 4.56. The van der Waals surface area contributed by atoms with Crippen LogP contribution < -0.4 is 0 Å². The maximum absolute atomic E-state index is 11.4. The molecule has 0 unspecified atom stereocenters. The summed E-state index contributed by atoms with van der Waals surface area (Å²) in [6, 6.07) is 14.7. The molecule has 0 atom stereocenters. The van der Waals surface area contributed by atoms with Crippen LogP contribution in [0.25, 0.3) is 17.2 Å². The maximum Gasteiger partial charge on any atom is 0.330 e. The zero-order valence-electron chi connectivity index (χ0n) is 11.2. The van der Waals surface area contributed by atoms with Gasteiger partial charge in [-0.15, -0.1) is 0 Å². The third-order valence-electron chi connectivity index (χ3n) is 2.81. The summed E-state index contributed by atoms with van der Waals surface area (Å²) in [6.07, 6.45) is 3.09. The van der Waals surface area contributed by atoms with E-state index < -0.39 is 0 Å². The van der Waals surface area contributed by atoms with E-state index in [1.54, 1.807) is 31.2 Å². The molecule has 102 valence electrons. The molecule has 3 nitrogen and oxygen atoms in total. The smallest absolute Gasteiger partial charge is 0.330 e. The quantitative estimate of drug-likeness (QED) is 0.680. The highest BCUT2D eigenvalue weighted by Gasteiger charge is 2.04. The lowest BCUT2D eigenvalue weighted by molar-refractivity contribution is -0.137. The van der Waals surface area contributed by atoms with Crippen molar-refractivity contribution in [2.24, 2.45) is 0 Å². The van der Waals surface area contributed by atoms with Crippen molar-refractivity contribution in [3.63, 3.8) is 0 Å². The van der Waals surface area contributed by atoms with Gasteiger partial charge in [-0.3, -0.25) is 0 Å². The summed E-state index contributed by atoms with van der Waals surface area (Å²) in [4.78, 5) is 11.4. The van der Waals surface area contributed by atoms with Gasteiger partial charge in [-0.2, -0.15) is 0 Å². The van der Waals surface area contributed by atoms with Gasteiger partial charge in [0.2, 0.25) is 0 Å². The summed E-state index contributed by atoms with van der Waals surface area (Å²) in [5, 5.41) is 9.64. The third-order valence-corrected chi connectivity index (χ3v) is 2.81. The molecule has 0 heterocycles. The molecule has 0 radical (unpaired) electrons. The van der Waals surface area contributed by atoms with E-state index in [0.717, 1.165) is 16.7 Å². The molecule has 1 N–H and O–H groups in total. The Morgan fingerprint density at radius 2 is 1.95 bits per heavy atom. The van der Waals surface area contributed by atoms with E-state index in [2.05, 4.69) is 0 Å². The van der Waals surface area contributed by atoms with Gasteiger partial charge in [0, 0.05) is 6.08 Å². The Hall–Kier alpha value is -2.55. The van der Waals surface area contributed by atoms with E-state index in [4.69, 9.17) is 4.74 Å². The van der Waals surface area contributed by atoms with Crippen LogP contribution in [0.15, 0.2) is 54.6 Å². The van der Waals surface area contributed by atoms with Crippen LogP contribution in [-0.2, 0) is 9.53 Å². The summed E-state index contributed by atoms with van der Waals surface area (Å²) in [7, 11) is 0.